The standard InChI is InChI=1S/C17H23N3/c1-3-10-18-11-13-12-19-17(20(2)14-8-9-14)16-7-5-4-6-15(13)16/h4-7,12,14,18H,3,8-11H2,1-2H3. The minimum absolute atomic E-state index is 0.690. The molecule has 0 saturated heterocycles. The number of aromatic nitrogens is 1. The fourth-order valence-corrected chi connectivity index (χ4v) is 2.69. The zero-order chi connectivity index (χ0) is 13.9. The summed E-state index contributed by atoms with van der Waals surface area (Å²) in [4.78, 5) is 7.07. The van der Waals surface area contributed by atoms with Gasteiger partial charge in [-0.25, -0.2) is 4.98 Å². The minimum Gasteiger partial charge on any atom is -0.356 e. The Hall–Kier alpha value is -1.61. The van der Waals surface area contributed by atoms with Crippen LogP contribution in [0.1, 0.15) is 31.7 Å². The van der Waals surface area contributed by atoms with Crippen molar-refractivity contribution in [3.63, 3.8) is 0 Å². The molecule has 1 heterocycles. The lowest BCUT2D eigenvalue weighted by atomic mass is 10.1. The van der Waals surface area contributed by atoms with Crippen LogP contribution < -0.4 is 10.2 Å². The van der Waals surface area contributed by atoms with E-state index in [1.807, 2.05) is 6.20 Å². The molecular formula is C17H23N3. The van der Waals surface area contributed by atoms with E-state index in [9.17, 15) is 0 Å². The van der Waals surface area contributed by atoms with Crippen LogP contribution in [0, 0.1) is 0 Å². The number of benzene rings is 1. The number of nitrogens with one attached hydrogen (secondary N) is 1. The number of rotatable bonds is 6. The van der Waals surface area contributed by atoms with Gasteiger partial charge in [0, 0.05) is 31.2 Å². The molecule has 3 rings (SSSR count). The Kier molecular flexibility index (Phi) is 3.88. The van der Waals surface area contributed by atoms with E-state index in [2.05, 4.69) is 48.5 Å². The van der Waals surface area contributed by atoms with Crippen molar-refractivity contribution in [1.82, 2.24) is 10.3 Å². The van der Waals surface area contributed by atoms with Gasteiger partial charge in [0.2, 0.25) is 0 Å². The van der Waals surface area contributed by atoms with Crippen LogP contribution in [0.2, 0.25) is 0 Å². The number of pyridine rings is 1. The maximum absolute atomic E-state index is 4.73. The number of nitrogens with zero attached hydrogens (tertiary/aromatic N) is 2. The molecule has 106 valence electrons. The molecule has 3 nitrogen and oxygen atoms in total. The summed E-state index contributed by atoms with van der Waals surface area (Å²) in [6.07, 6.45) is 5.80. The molecule has 3 heteroatoms. The molecular weight excluding hydrogens is 246 g/mol. The highest BCUT2D eigenvalue weighted by atomic mass is 15.2. The first-order valence-corrected chi connectivity index (χ1v) is 7.61. The van der Waals surface area contributed by atoms with Crippen molar-refractivity contribution >= 4 is 16.6 Å². The molecule has 1 N–H and O–H groups in total. The first-order valence-electron chi connectivity index (χ1n) is 7.61. The first kappa shape index (κ1) is 13.4. The summed E-state index contributed by atoms with van der Waals surface area (Å²) in [6.45, 7) is 4.14. The lowest BCUT2D eigenvalue weighted by Gasteiger charge is -2.20. The minimum atomic E-state index is 0.690. The molecule has 1 aliphatic rings. The Balaban J connectivity index is 1.96. The van der Waals surface area contributed by atoms with Gasteiger partial charge in [0.05, 0.1) is 0 Å². The normalized spacial score (nSPS) is 14.7. The predicted octanol–water partition coefficient (Wildman–Crippen LogP) is 3.33. The third-order valence-corrected chi connectivity index (χ3v) is 4.03. The zero-order valence-corrected chi connectivity index (χ0v) is 12.4. The SMILES string of the molecule is CCCNCc1cnc(N(C)C2CC2)c2ccccc12. The Morgan fingerprint density at radius 3 is 2.70 bits per heavy atom. The predicted molar refractivity (Wildman–Crippen MR) is 85.2 cm³/mol. The molecule has 20 heavy (non-hydrogen) atoms. The van der Waals surface area contributed by atoms with Crippen molar-refractivity contribution < 1.29 is 0 Å². The topological polar surface area (TPSA) is 28.2 Å². The maximum Gasteiger partial charge on any atom is 0.136 e. The highest BCUT2D eigenvalue weighted by Crippen LogP contribution is 2.33. The van der Waals surface area contributed by atoms with Gasteiger partial charge in [-0.2, -0.15) is 0 Å². The van der Waals surface area contributed by atoms with E-state index in [1.54, 1.807) is 0 Å². The second-order valence-corrected chi connectivity index (χ2v) is 5.67. The van der Waals surface area contributed by atoms with E-state index in [1.165, 1.54) is 29.2 Å². The summed E-state index contributed by atoms with van der Waals surface area (Å²) in [5.74, 6) is 1.13. The van der Waals surface area contributed by atoms with E-state index >= 15 is 0 Å². The molecule has 0 spiro atoms. The second-order valence-electron chi connectivity index (χ2n) is 5.67. The van der Waals surface area contributed by atoms with E-state index < -0.39 is 0 Å². The summed E-state index contributed by atoms with van der Waals surface area (Å²) in [6, 6.07) is 9.32. The zero-order valence-electron chi connectivity index (χ0n) is 12.4. The number of fused-ring (bicyclic) bond motifs is 1. The average Bonchev–Trinajstić information content (AvgIpc) is 3.31. The van der Waals surface area contributed by atoms with Crippen molar-refractivity contribution in [2.45, 2.75) is 38.8 Å². The molecule has 0 aliphatic heterocycles. The number of hydrogen-bond donors (Lipinski definition) is 1. The Morgan fingerprint density at radius 2 is 2.00 bits per heavy atom. The van der Waals surface area contributed by atoms with Crippen LogP contribution in [0.15, 0.2) is 30.5 Å². The van der Waals surface area contributed by atoms with Gasteiger partial charge in [-0.1, -0.05) is 31.2 Å². The second kappa shape index (κ2) is 5.80. The smallest absolute Gasteiger partial charge is 0.136 e. The molecule has 1 aromatic heterocycles. The molecule has 0 unspecified atom stereocenters. The molecule has 1 fully saturated rings. The van der Waals surface area contributed by atoms with E-state index in [0.717, 1.165) is 25.3 Å². The number of anilines is 1. The number of hydrogen-bond acceptors (Lipinski definition) is 3. The largest absolute Gasteiger partial charge is 0.356 e. The Morgan fingerprint density at radius 1 is 1.25 bits per heavy atom. The van der Waals surface area contributed by atoms with Crippen molar-refractivity contribution in [1.29, 1.82) is 0 Å². The van der Waals surface area contributed by atoms with Crippen LogP contribution in [-0.4, -0.2) is 24.6 Å². The molecule has 1 aliphatic carbocycles. The Bertz CT molecular complexity index is 590. The highest BCUT2D eigenvalue weighted by Gasteiger charge is 2.28. The fraction of sp³-hybridized carbons (Fsp3) is 0.471. The summed E-state index contributed by atoms with van der Waals surface area (Å²) >= 11 is 0. The molecule has 0 radical (unpaired) electrons. The van der Waals surface area contributed by atoms with Gasteiger partial charge in [0.15, 0.2) is 0 Å². The maximum atomic E-state index is 4.73. The molecule has 1 saturated carbocycles. The van der Waals surface area contributed by atoms with Crippen LogP contribution in [-0.2, 0) is 6.54 Å². The molecule has 0 bridgehead atoms. The molecule has 0 atom stereocenters. The van der Waals surface area contributed by atoms with Gasteiger partial charge in [-0.15, -0.1) is 0 Å². The van der Waals surface area contributed by atoms with Gasteiger partial charge >= 0.3 is 0 Å². The van der Waals surface area contributed by atoms with E-state index in [0.29, 0.717) is 6.04 Å². The lowest BCUT2D eigenvalue weighted by Crippen LogP contribution is -2.21. The van der Waals surface area contributed by atoms with Crippen LogP contribution in [0.3, 0.4) is 0 Å². The van der Waals surface area contributed by atoms with Crippen molar-refractivity contribution in [3.8, 4) is 0 Å². The monoisotopic (exact) mass is 269 g/mol. The van der Waals surface area contributed by atoms with Crippen molar-refractivity contribution in [3.05, 3.63) is 36.0 Å². The van der Waals surface area contributed by atoms with Crippen LogP contribution in [0.25, 0.3) is 10.8 Å². The van der Waals surface area contributed by atoms with Gasteiger partial charge in [0.25, 0.3) is 0 Å². The Labute approximate surface area is 121 Å². The highest BCUT2D eigenvalue weighted by molar-refractivity contribution is 5.94. The lowest BCUT2D eigenvalue weighted by molar-refractivity contribution is 0.676. The quantitative estimate of drug-likeness (QED) is 0.815. The first-order chi connectivity index (χ1) is 9.81. The van der Waals surface area contributed by atoms with Gasteiger partial charge in [0.1, 0.15) is 5.82 Å². The average molecular weight is 269 g/mol. The van der Waals surface area contributed by atoms with Crippen molar-refractivity contribution in [2.75, 3.05) is 18.5 Å². The van der Waals surface area contributed by atoms with Gasteiger partial charge < -0.3 is 10.2 Å². The summed E-state index contributed by atoms with van der Waals surface area (Å²) < 4.78 is 0. The summed E-state index contributed by atoms with van der Waals surface area (Å²) in [7, 11) is 2.17. The van der Waals surface area contributed by atoms with Crippen LogP contribution in [0.4, 0.5) is 5.82 Å². The van der Waals surface area contributed by atoms with Crippen molar-refractivity contribution in [2.24, 2.45) is 0 Å². The van der Waals surface area contributed by atoms with Gasteiger partial charge in [-0.05, 0) is 36.8 Å². The summed E-state index contributed by atoms with van der Waals surface area (Å²) in [5, 5.41) is 6.08. The molecule has 0 amide bonds. The third kappa shape index (κ3) is 2.63. The summed E-state index contributed by atoms with van der Waals surface area (Å²) in [5.41, 5.74) is 1.29. The fourth-order valence-electron chi connectivity index (χ4n) is 2.69. The molecule has 2 aromatic rings. The van der Waals surface area contributed by atoms with Crippen LogP contribution >= 0.6 is 0 Å². The van der Waals surface area contributed by atoms with E-state index in [-0.39, 0.29) is 0 Å². The van der Waals surface area contributed by atoms with E-state index in [4.69, 9.17) is 4.98 Å². The molecule has 1 aromatic carbocycles. The van der Waals surface area contributed by atoms with Crippen LogP contribution in [0.5, 0.6) is 0 Å². The third-order valence-electron chi connectivity index (χ3n) is 4.03. The van der Waals surface area contributed by atoms with Gasteiger partial charge in [-0.3, -0.25) is 0 Å².